The first-order valence-corrected chi connectivity index (χ1v) is 6.22. The predicted octanol–water partition coefficient (Wildman–Crippen LogP) is 5.14. The monoisotopic (exact) mass is 297 g/mol. The molecule has 0 fully saturated rings. The van der Waals surface area contributed by atoms with Crippen LogP contribution >= 0.6 is 0 Å². The minimum atomic E-state index is 0. The summed E-state index contributed by atoms with van der Waals surface area (Å²) in [7, 11) is 0. The molecule has 0 aliphatic heterocycles. The molecule has 0 nitrogen and oxygen atoms in total. The van der Waals surface area contributed by atoms with Gasteiger partial charge in [-0.3, -0.25) is 6.58 Å². The Hall–Kier alpha value is -1.37. The van der Waals surface area contributed by atoms with E-state index in [0.717, 1.165) is 0 Å². The average Bonchev–Trinajstić information content (AvgIpc) is 2.43. The van der Waals surface area contributed by atoms with Gasteiger partial charge in [0.05, 0.1) is 0 Å². The number of hydrogen-bond donors (Lipinski definition) is 0. The van der Waals surface area contributed by atoms with Crippen LogP contribution in [0.25, 0.3) is 0 Å². The van der Waals surface area contributed by atoms with Gasteiger partial charge in [-0.1, -0.05) is 20.8 Å². The standard InChI is InChI=1S/2C7H7.C5H7.Ti/c2*1-7-5-3-2-4-6-7;1-3-5-4-2;/h2*3-6H,1H3;1,3-5H,2H3;/q3*-1;+3. The van der Waals surface area contributed by atoms with E-state index in [1.54, 1.807) is 6.08 Å². The fourth-order valence-corrected chi connectivity index (χ4v) is 1.05. The molecule has 0 N–H and O–H groups in total. The van der Waals surface area contributed by atoms with Crippen molar-refractivity contribution in [2.75, 3.05) is 0 Å². The molecule has 0 saturated heterocycles. The number of rotatable bonds is 1. The zero-order valence-electron chi connectivity index (χ0n) is 12.4. The maximum atomic E-state index is 4.93. The molecule has 0 aliphatic rings. The first-order chi connectivity index (χ1) is 9.20. The van der Waals surface area contributed by atoms with E-state index in [2.05, 4.69) is 26.0 Å². The second-order valence-electron chi connectivity index (χ2n) is 3.87. The molecular formula is C19H21Ti. The zero-order valence-corrected chi connectivity index (χ0v) is 14.0. The van der Waals surface area contributed by atoms with Crippen molar-refractivity contribution in [2.24, 2.45) is 0 Å². The fraction of sp³-hybridized carbons (Fsp3) is 0.158. The number of benzene rings is 2. The molecule has 0 saturated carbocycles. The van der Waals surface area contributed by atoms with Crippen molar-refractivity contribution in [2.45, 2.75) is 20.8 Å². The SMILES string of the molecule is Cc1cc[c-]cc1.Cc1cc[c-]cc1.[CH-]=CC=CC.[Ti+3]. The predicted molar refractivity (Wildman–Crippen MR) is 83.7 cm³/mol. The van der Waals surface area contributed by atoms with Crippen molar-refractivity contribution < 1.29 is 21.7 Å². The quantitative estimate of drug-likeness (QED) is 0.388. The fourth-order valence-electron chi connectivity index (χ4n) is 1.05. The van der Waals surface area contributed by atoms with Gasteiger partial charge in [0.2, 0.25) is 0 Å². The molecule has 2 aromatic rings. The van der Waals surface area contributed by atoms with Crippen LogP contribution in [0.15, 0.2) is 66.8 Å². The van der Waals surface area contributed by atoms with Gasteiger partial charge in [-0.15, -0.1) is 0 Å². The molecule has 0 amide bonds. The molecule has 0 aromatic heterocycles. The van der Waals surface area contributed by atoms with Crippen molar-refractivity contribution in [1.82, 2.24) is 0 Å². The van der Waals surface area contributed by atoms with E-state index < -0.39 is 0 Å². The number of hydrogen-bond acceptors (Lipinski definition) is 0. The average molecular weight is 297 g/mol. The van der Waals surface area contributed by atoms with Gasteiger partial charge in [0.15, 0.2) is 0 Å². The summed E-state index contributed by atoms with van der Waals surface area (Å²) in [5, 5.41) is 0. The minimum absolute atomic E-state index is 0. The smallest absolute Gasteiger partial charge is 0.293 e. The third-order valence-electron chi connectivity index (χ3n) is 2.07. The van der Waals surface area contributed by atoms with Gasteiger partial charge in [-0.05, 0) is 0 Å². The van der Waals surface area contributed by atoms with Crippen LogP contribution in [-0.2, 0) is 21.7 Å². The summed E-state index contributed by atoms with van der Waals surface area (Å²) in [5.74, 6) is 0. The van der Waals surface area contributed by atoms with Crippen LogP contribution in [0.2, 0.25) is 0 Å². The molecule has 2 aromatic carbocycles. The second-order valence-corrected chi connectivity index (χ2v) is 3.87. The van der Waals surface area contributed by atoms with Crippen molar-refractivity contribution in [1.29, 1.82) is 0 Å². The maximum absolute atomic E-state index is 4.93. The summed E-state index contributed by atoms with van der Waals surface area (Å²) in [6, 6.07) is 21.6. The van der Waals surface area contributed by atoms with Crippen LogP contribution < -0.4 is 0 Å². The molecule has 0 atom stereocenters. The van der Waals surface area contributed by atoms with Crippen molar-refractivity contribution in [3.05, 3.63) is 96.6 Å². The summed E-state index contributed by atoms with van der Waals surface area (Å²) in [4.78, 5) is 0. The first-order valence-electron chi connectivity index (χ1n) is 6.22. The third kappa shape index (κ3) is 14.7. The summed E-state index contributed by atoms with van der Waals surface area (Å²) in [6.45, 7) is 11.0. The van der Waals surface area contributed by atoms with Crippen LogP contribution in [-0.4, -0.2) is 0 Å². The van der Waals surface area contributed by atoms with Gasteiger partial charge in [0, 0.05) is 0 Å². The Balaban J connectivity index is 0. The van der Waals surface area contributed by atoms with E-state index in [1.165, 1.54) is 17.2 Å². The van der Waals surface area contributed by atoms with Gasteiger partial charge in [-0.2, -0.15) is 77.9 Å². The van der Waals surface area contributed by atoms with E-state index in [4.69, 9.17) is 6.58 Å². The molecule has 1 heteroatoms. The van der Waals surface area contributed by atoms with Gasteiger partial charge in [0.1, 0.15) is 0 Å². The van der Waals surface area contributed by atoms with Gasteiger partial charge in [-0.25, -0.2) is 12.2 Å². The Bertz CT molecular complexity index is 406. The summed E-state index contributed by atoms with van der Waals surface area (Å²) in [6.07, 6.45) is 5.15. The van der Waals surface area contributed by atoms with Crippen LogP contribution in [0.1, 0.15) is 18.1 Å². The topological polar surface area (TPSA) is 0 Å². The zero-order chi connectivity index (χ0) is 14.3. The van der Waals surface area contributed by atoms with E-state index in [1.807, 2.05) is 61.5 Å². The van der Waals surface area contributed by atoms with Crippen molar-refractivity contribution in [3.8, 4) is 0 Å². The molecule has 0 spiro atoms. The molecule has 101 valence electrons. The summed E-state index contributed by atoms with van der Waals surface area (Å²) < 4.78 is 0. The molecule has 1 radical (unpaired) electrons. The number of allylic oxidation sites excluding steroid dienone is 3. The van der Waals surface area contributed by atoms with Crippen LogP contribution in [0.3, 0.4) is 0 Å². The Labute approximate surface area is 139 Å². The molecule has 2 rings (SSSR count). The van der Waals surface area contributed by atoms with Crippen LogP contribution in [0.4, 0.5) is 0 Å². The van der Waals surface area contributed by atoms with Gasteiger partial charge >= 0.3 is 21.7 Å². The second kappa shape index (κ2) is 15.7. The normalized spacial score (nSPS) is 8.35. The largest absolute Gasteiger partial charge is 3.00 e. The van der Waals surface area contributed by atoms with Crippen LogP contribution in [0.5, 0.6) is 0 Å². The van der Waals surface area contributed by atoms with E-state index in [-0.39, 0.29) is 21.7 Å². The van der Waals surface area contributed by atoms with E-state index in [0.29, 0.717) is 0 Å². The molecule has 0 heterocycles. The van der Waals surface area contributed by atoms with Gasteiger partial charge in [0.25, 0.3) is 0 Å². The van der Waals surface area contributed by atoms with Crippen LogP contribution in [0, 0.1) is 32.6 Å². The van der Waals surface area contributed by atoms with E-state index in [9.17, 15) is 0 Å². The molecule has 0 bridgehead atoms. The minimum Gasteiger partial charge on any atom is -0.293 e. The Kier molecular flexibility index (Phi) is 16.4. The summed E-state index contributed by atoms with van der Waals surface area (Å²) >= 11 is 0. The van der Waals surface area contributed by atoms with E-state index >= 15 is 0 Å². The number of aryl methyl sites for hydroxylation is 2. The Morgan fingerprint density at radius 3 is 1.30 bits per heavy atom. The summed E-state index contributed by atoms with van der Waals surface area (Å²) in [5.41, 5.74) is 2.58. The molecule has 0 aliphatic carbocycles. The first kappa shape index (κ1) is 20.9. The van der Waals surface area contributed by atoms with Gasteiger partial charge < -0.3 is 0 Å². The molecule has 0 unspecified atom stereocenters. The Morgan fingerprint density at radius 2 is 1.20 bits per heavy atom. The maximum Gasteiger partial charge on any atom is 3.00 e. The van der Waals surface area contributed by atoms with Crippen molar-refractivity contribution >= 4 is 0 Å². The molecular weight excluding hydrogens is 276 g/mol. The Morgan fingerprint density at radius 1 is 0.850 bits per heavy atom. The molecule has 20 heavy (non-hydrogen) atoms. The third-order valence-corrected chi connectivity index (χ3v) is 2.07. The van der Waals surface area contributed by atoms with Crippen molar-refractivity contribution in [3.63, 3.8) is 0 Å².